The molecule has 1 amide bonds. The van der Waals surface area contributed by atoms with Crippen LogP contribution < -0.4 is 10.1 Å². The molecule has 1 fully saturated rings. The average Bonchev–Trinajstić information content (AvgIpc) is 2.58. The molecule has 1 aromatic rings. The predicted molar refractivity (Wildman–Crippen MR) is 125 cm³/mol. The number of hydrogen-bond acceptors (Lipinski definition) is 4. The van der Waals surface area contributed by atoms with Gasteiger partial charge in [-0.3, -0.25) is 4.57 Å². The highest BCUT2D eigenvalue weighted by Gasteiger charge is 2.33. The second kappa shape index (κ2) is 9.95. The lowest BCUT2D eigenvalue weighted by Crippen LogP contribution is -2.47. The molecule has 0 heterocycles. The number of carbonyl (C=O) groups is 1. The summed E-state index contributed by atoms with van der Waals surface area (Å²) in [6.45, 7) is 13.3. The van der Waals surface area contributed by atoms with E-state index >= 15 is 0 Å². The van der Waals surface area contributed by atoms with Crippen LogP contribution in [0, 0.1) is 13.8 Å². The second-order valence-corrected chi connectivity index (χ2v) is 13.1. The highest BCUT2D eigenvalue weighted by Crippen LogP contribution is 2.52. The van der Waals surface area contributed by atoms with Crippen LogP contribution >= 0.6 is 7.37 Å². The van der Waals surface area contributed by atoms with Gasteiger partial charge in [-0.2, -0.15) is 0 Å². The van der Waals surface area contributed by atoms with Crippen molar-refractivity contribution < 1.29 is 23.7 Å². The molecule has 0 aliphatic heterocycles. The summed E-state index contributed by atoms with van der Waals surface area (Å²) in [7, 11) is -3.34. The van der Waals surface area contributed by atoms with Crippen molar-refractivity contribution in [3.63, 3.8) is 0 Å². The number of rotatable bonds is 7. The van der Waals surface area contributed by atoms with E-state index in [4.69, 9.17) is 9.47 Å². The summed E-state index contributed by atoms with van der Waals surface area (Å²) in [5, 5.41) is 2.93. The quantitative estimate of drug-likeness (QED) is 0.488. The molecular weight excluding hydrogens is 413 g/mol. The molecule has 31 heavy (non-hydrogen) atoms. The molecule has 1 aliphatic carbocycles. The first kappa shape index (κ1) is 25.7. The third-order valence-corrected chi connectivity index (χ3v) is 7.70. The van der Waals surface area contributed by atoms with Gasteiger partial charge < -0.3 is 19.7 Å². The lowest BCUT2D eigenvalue weighted by molar-refractivity contribution is 0.0472. The van der Waals surface area contributed by atoms with Gasteiger partial charge in [0.15, 0.2) is 6.35 Å². The Morgan fingerprint density at radius 2 is 1.65 bits per heavy atom. The van der Waals surface area contributed by atoms with Crippen molar-refractivity contribution >= 4 is 13.5 Å². The molecule has 0 bridgehead atoms. The Kier molecular flexibility index (Phi) is 8.27. The van der Waals surface area contributed by atoms with Gasteiger partial charge >= 0.3 is 6.09 Å². The lowest BCUT2D eigenvalue weighted by Gasteiger charge is -2.29. The van der Waals surface area contributed by atoms with E-state index in [0.29, 0.717) is 12.2 Å². The van der Waals surface area contributed by atoms with Gasteiger partial charge in [0, 0.05) is 11.2 Å². The minimum absolute atomic E-state index is 0.135. The van der Waals surface area contributed by atoms with Gasteiger partial charge in [-0.25, -0.2) is 4.79 Å². The van der Waals surface area contributed by atoms with Gasteiger partial charge in [0.1, 0.15) is 11.4 Å². The highest BCUT2D eigenvalue weighted by molar-refractivity contribution is 7.58. The van der Waals surface area contributed by atoms with Crippen LogP contribution in [-0.4, -0.2) is 34.1 Å². The minimum Gasteiger partial charge on any atom is -0.483 e. The number of benzene rings is 1. The van der Waals surface area contributed by atoms with Crippen molar-refractivity contribution in [2.75, 3.05) is 6.35 Å². The molecule has 7 heteroatoms. The van der Waals surface area contributed by atoms with Crippen LogP contribution in [0.5, 0.6) is 5.75 Å². The number of hydrogen-bond donors (Lipinski definition) is 2. The smallest absolute Gasteiger partial charge is 0.408 e. The molecule has 1 saturated carbocycles. The Balaban J connectivity index is 2.04. The number of ether oxygens (including phenoxy) is 2. The van der Waals surface area contributed by atoms with Gasteiger partial charge in [-0.1, -0.05) is 31.4 Å². The molecule has 1 aromatic carbocycles. The van der Waals surface area contributed by atoms with E-state index in [1.807, 2.05) is 60.6 Å². The minimum atomic E-state index is -3.34. The van der Waals surface area contributed by atoms with E-state index in [0.717, 1.165) is 48.8 Å². The summed E-state index contributed by atoms with van der Waals surface area (Å²) in [6, 6.07) is 4.04. The van der Waals surface area contributed by atoms with E-state index in [9.17, 15) is 14.3 Å². The number of aryl methyl sites for hydroxylation is 2. The zero-order chi connectivity index (χ0) is 23.4. The Bertz CT molecular complexity index is 799. The SMILES string of the molecule is Cc1cc(CC(C)(C)NC(=O)OC(C)(C)C)cc(C)c1OCP(=O)(O)C1CCCCC1. The fourth-order valence-electron chi connectivity index (χ4n) is 4.25. The van der Waals surface area contributed by atoms with Crippen molar-refractivity contribution in [1.82, 2.24) is 5.32 Å². The van der Waals surface area contributed by atoms with Crippen molar-refractivity contribution in [1.29, 1.82) is 0 Å². The van der Waals surface area contributed by atoms with Gasteiger partial charge in [0.05, 0.1) is 0 Å². The third-order valence-electron chi connectivity index (χ3n) is 5.54. The van der Waals surface area contributed by atoms with Gasteiger partial charge in [0.25, 0.3) is 0 Å². The van der Waals surface area contributed by atoms with Crippen LogP contribution in [0.2, 0.25) is 0 Å². The number of nitrogens with one attached hydrogen (secondary N) is 1. The van der Waals surface area contributed by atoms with Crippen molar-refractivity contribution in [3.8, 4) is 5.75 Å². The molecule has 0 saturated heterocycles. The number of amides is 1. The molecule has 2 N–H and O–H groups in total. The molecule has 0 spiro atoms. The Hall–Kier alpha value is -1.52. The van der Waals surface area contributed by atoms with Crippen molar-refractivity contribution in [2.45, 2.75) is 104 Å². The second-order valence-electron chi connectivity index (χ2n) is 10.6. The summed E-state index contributed by atoms with van der Waals surface area (Å²) in [5.41, 5.74) is 1.73. The standard InChI is InChI=1S/C24H40NO5P/c1-17-13-19(15-24(6,7)25-22(26)30-23(3,4)5)14-18(2)21(17)29-16-31(27,28)20-11-9-8-10-12-20/h13-14,20H,8-12,15-16H2,1-7H3,(H,25,26)(H,27,28). The maximum absolute atomic E-state index is 12.8. The van der Waals surface area contributed by atoms with Crippen molar-refractivity contribution in [2.24, 2.45) is 0 Å². The van der Waals surface area contributed by atoms with Crippen LogP contribution in [0.25, 0.3) is 0 Å². The zero-order valence-electron chi connectivity index (χ0n) is 20.2. The van der Waals surface area contributed by atoms with Gasteiger partial charge in [-0.15, -0.1) is 0 Å². The zero-order valence-corrected chi connectivity index (χ0v) is 21.1. The van der Waals surface area contributed by atoms with E-state index < -0.39 is 24.6 Å². The Morgan fingerprint density at radius 3 is 2.16 bits per heavy atom. The topological polar surface area (TPSA) is 84.9 Å². The summed E-state index contributed by atoms with van der Waals surface area (Å²) in [6.07, 6.45) is 4.87. The molecule has 1 aliphatic rings. The maximum atomic E-state index is 12.8. The first-order chi connectivity index (χ1) is 14.2. The van der Waals surface area contributed by atoms with Crippen LogP contribution in [0.15, 0.2) is 12.1 Å². The largest absolute Gasteiger partial charge is 0.483 e. The number of carbonyl (C=O) groups excluding carboxylic acids is 1. The van der Waals surface area contributed by atoms with Crippen LogP contribution in [0.3, 0.4) is 0 Å². The monoisotopic (exact) mass is 453 g/mol. The number of alkyl carbamates (subject to hydrolysis) is 1. The molecular formula is C24H40NO5P. The summed E-state index contributed by atoms with van der Waals surface area (Å²) in [4.78, 5) is 22.7. The highest BCUT2D eigenvalue weighted by atomic mass is 31.2. The third kappa shape index (κ3) is 8.16. The summed E-state index contributed by atoms with van der Waals surface area (Å²) in [5.74, 6) is 0.673. The van der Waals surface area contributed by atoms with Crippen LogP contribution in [0.1, 0.15) is 83.4 Å². The van der Waals surface area contributed by atoms with E-state index in [2.05, 4.69) is 5.32 Å². The first-order valence-corrected chi connectivity index (χ1v) is 13.2. The van der Waals surface area contributed by atoms with Crippen LogP contribution in [0.4, 0.5) is 4.79 Å². The molecule has 6 nitrogen and oxygen atoms in total. The van der Waals surface area contributed by atoms with Gasteiger partial charge in [-0.05, 0) is 84.4 Å². The molecule has 1 atom stereocenters. The fraction of sp³-hybridized carbons (Fsp3) is 0.708. The predicted octanol–water partition coefficient (Wildman–Crippen LogP) is 6.09. The van der Waals surface area contributed by atoms with E-state index in [-0.39, 0.29) is 12.0 Å². The molecule has 0 aromatic heterocycles. The van der Waals surface area contributed by atoms with E-state index in [1.54, 1.807) is 0 Å². The van der Waals surface area contributed by atoms with Crippen molar-refractivity contribution in [3.05, 3.63) is 28.8 Å². The molecule has 176 valence electrons. The molecule has 1 unspecified atom stereocenters. The first-order valence-electron chi connectivity index (χ1n) is 11.2. The lowest BCUT2D eigenvalue weighted by atomic mass is 9.92. The Labute approximate surface area is 187 Å². The average molecular weight is 454 g/mol. The molecule has 2 rings (SSSR count). The van der Waals surface area contributed by atoms with E-state index in [1.165, 1.54) is 0 Å². The van der Waals surface area contributed by atoms with Crippen LogP contribution in [-0.2, 0) is 15.7 Å². The summed E-state index contributed by atoms with van der Waals surface area (Å²) >= 11 is 0. The fourth-order valence-corrected chi connectivity index (χ4v) is 5.95. The normalized spacial score (nSPS) is 17.7. The maximum Gasteiger partial charge on any atom is 0.408 e. The molecule has 0 radical (unpaired) electrons. The Morgan fingerprint density at radius 1 is 1.10 bits per heavy atom. The summed E-state index contributed by atoms with van der Waals surface area (Å²) < 4.78 is 24.1. The van der Waals surface area contributed by atoms with Gasteiger partial charge in [0.2, 0.25) is 7.37 Å².